The minimum absolute atomic E-state index is 0.0435. The van der Waals surface area contributed by atoms with Crippen LogP contribution in [0.25, 0.3) is 11.1 Å². The summed E-state index contributed by atoms with van der Waals surface area (Å²) in [6.07, 6.45) is -10.1. The summed E-state index contributed by atoms with van der Waals surface area (Å²) in [6, 6.07) is 19.5. The predicted molar refractivity (Wildman–Crippen MR) is 175 cm³/mol. The zero-order chi connectivity index (χ0) is 36.8. The van der Waals surface area contributed by atoms with Crippen molar-refractivity contribution in [3.8, 4) is 11.1 Å². The zero-order valence-electron chi connectivity index (χ0n) is 27.0. The zero-order valence-corrected chi connectivity index (χ0v) is 27.0. The number of rotatable bonds is 2. The molecule has 0 aromatic heterocycles. The number of benzene rings is 5. The number of imide groups is 2. The van der Waals surface area contributed by atoms with E-state index in [9.17, 15) is 45.5 Å². The van der Waals surface area contributed by atoms with E-state index >= 15 is 0 Å². The Morgan fingerprint density at radius 2 is 0.885 bits per heavy atom. The Morgan fingerprint density at radius 1 is 0.481 bits per heavy atom. The number of hydrogen-bond acceptors (Lipinski definition) is 4. The molecule has 258 valence electrons. The molecule has 0 N–H and O–H groups in total. The fraction of sp³-hybridized carbons (Fsp3) is 0.150. The lowest BCUT2D eigenvalue weighted by atomic mass is 9.60. The highest BCUT2D eigenvalue weighted by molar-refractivity contribution is 6.34. The first-order valence-electron chi connectivity index (χ1n) is 16.1. The van der Waals surface area contributed by atoms with E-state index in [-0.39, 0.29) is 27.8 Å². The molecule has 2 aliphatic heterocycles. The molecule has 0 saturated carbocycles. The van der Waals surface area contributed by atoms with Crippen LogP contribution in [-0.2, 0) is 12.4 Å². The highest BCUT2D eigenvalue weighted by Crippen LogP contribution is 2.57. The minimum Gasteiger partial charge on any atom is -0.277 e. The SMILES string of the molecule is Cc1ccc(-c2ccc(N3C(=O)c4cc5c(cc4C3=O)C3c4ccccc4C5c4cc5c(cc43)C(=O)N(C)C5=O)cc2C(F)(F)F)c(C(F)(F)F)c1. The molecule has 5 aromatic carbocycles. The van der Waals surface area contributed by atoms with Gasteiger partial charge in [-0.2, -0.15) is 26.3 Å². The largest absolute Gasteiger partial charge is 0.417 e. The van der Waals surface area contributed by atoms with Gasteiger partial charge in [-0.3, -0.25) is 24.1 Å². The van der Waals surface area contributed by atoms with Crippen LogP contribution in [0.2, 0.25) is 0 Å². The van der Waals surface area contributed by atoms with Gasteiger partial charge < -0.3 is 0 Å². The Balaban J connectivity index is 1.18. The number of fused-ring (bicyclic) bond motifs is 2. The third-order valence-corrected chi connectivity index (χ3v) is 10.6. The molecular weight excluding hydrogens is 686 g/mol. The van der Waals surface area contributed by atoms with Crippen molar-refractivity contribution in [1.29, 1.82) is 0 Å². The summed E-state index contributed by atoms with van der Waals surface area (Å²) < 4.78 is 85.6. The minimum atomic E-state index is -5.15. The maximum atomic E-state index is 14.6. The second-order valence-electron chi connectivity index (χ2n) is 13.4. The standard InChI is InChI=1S/C40H22F6N2O4/c1-17-7-9-19(31(11-17)39(41,42)43)20-10-8-18(12-32(20)40(44,45)46)48-37(51)29-15-25-26(16-30(29)38(48)52)34-22-6-4-3-5-21(22)33(25)23-13-27-28(14-24(23)34)36(50)47(2)35(27)49/h3-16,33-34H,1-2H3. The first kappa shape index (κ1) is 31.9. The van der Waals surface area contributed by atoms with Crippen molar-refractivity contribution in [2.75, 3.05) is 11.9 Å². The van der Waals surface area contributed by atoms with Gasteiger partial charge in [-0.25, -0.2) is 4.90 Å². The number of carbonyl (C=O) groups excluding carboxylic acids is 4. The summed E-state index contributed by atoms with van der Waals surface area (Å²) >= 11 is 0. The molecule has 52 heavy (non-hydrogen) atoms. The van der Waals surface area contributed by atoms with Gasteiger partial charge in [0.15, 0.2) is 0 Å². The predicted octanol–water partition coefficient (Wildman–Crippen LogP) is 8.71. The van der Waals surface area contributed by atoms with Gasteiger partial charge in [-0.1, -0.05) is 48.0 Å². The van der Waals surface area contributed by atoms with Crippen LogP contribution >= 0.6 is 0 Å². The number of nitrogens with zero attached hydrogens (tertiary/aromatic N) is 2. The van der Waals surface area contributed by atoms with Crippen LogP contribution in [-0.4, -0.2) is 35.6 Å². The van der Waals surface area contributed by atoms with Crippen LogP contribution in [0, 0.1) is 6.92 Å². The molecule has 0 spiro atoms. The number of carbonyl (C=O) groups is 4. The Bertz CT molecular complexity index is 2430. The summed E-state index contributed by atoms with van der Waals surface area (Å²) in [7, 11) is 1.41. The Hall–Kier alpha value is -6.04. The average Bonchev–Trinajstić information content (AvgIpc) is 3.47. The van der Waals surface area contributed by atoms with Crippen molar-refractivity contribution in [2.24, 2.45) is 0 Å². The molecular formula is C40H22F6N2O4. The van der Waals surface area contributed by atoms with E-state index in [1.54, 1.807) is 24.3 Å². The van der Waals surface area contributed by atoms with Gasteiger partial charge in [0.1, 0.15) is 0 Å². The van der Waals surface area contributed by atoms with Crippen molar-refractivity contribution in [1.82, 2.24) is 4.90 Å². The topological polar surface area (TPSA) is 74.8 Å². The van der Waals surface area contributed by atoms with E-state index in [2.05, 4.69) is 0 Å². The van der Waals surface area contributed by atoms with Crippen molar-refractivity contribution in [3.05, 3.63) is 157 Å². The number of alkyl halides is 6. The molecule has 5 aliphatic rings. The first-order valence-corrected chi connectivity index (χ1v) is 16.1. The lowest BCUT2D eigenvalue weighted by molar-refractivity contribution is -0.139. The fourth-order valence-corrected chi connectivity index (χ4v) is 8.31. The Morgan fingerprint density at radius 3 is 1.33 bits per heavy atom. The smallest absolute Gasteiger partial charge is 0.277 e. The van der Waals surface area contributed by atoms with E-state index in [1.165, 1.54) is 20.0 Å². The normalized spacial score (nSPS) is 18.5. The number of aryl methyl sites for hydroxylation is 1. The van der Waals surface area contributed by atoms with Crippen LogP contribution in [0.5, 0.6) is 0 Å². The molecule has 4 amide bonds. The van der Waals surface area contributed by atoms with E-state index in [1.807, 2.05) is 24.3 Å². The van der Waals surface area contributed by atoms with E-state index < -0.39 is 75.8 Å². The van der Waals surface area contributed by atoms with E-state index in [0.717, 1.165) is 51.4 Å². The quantitative estimate of drug-likeness (QED) is 0.133. The van der Waals surface area contributed by atoms with Gasteiger partial charge in [0.25, 0.3) is 23.6 Å². The van der Waals surface area contributed by atoms with Crippen molar-refractivity contribution in [2.45, 2.75) is 31.1 Å². The van der Waals surface area contributed by atoms with Gasteiger partial charge in [-0.15, -0.1) is 0 Å². The second-order valence-corrected chi connectivity index (χ2v) is 13.4. The molecule has 10 rings (SSSR count). The van der Waals surface area contributed by atoms with Crippen LogP contribution in [0.3, 0.4) is 0 Å². The molecule has 2 heterocycles. The Labute approximate surface area is 290 Å². The monoisotopic (exact) mass is 708 g/mol. The molecule has 0 saturated heterocycles. The van der Waals surface area contributed by atoms with Gasteiger partial charge in [-0.05, 0) is 93.9 Å². The average molecular weight is 709 g/mol. The summed E-state index contributed by atoms with van der Waals surface area (Å²) in [5.41, 5.74) is 0.735. The van der Waals surface area contributed by atoms with Crippen LogP contribution in [0.15, 0.2) is 84.9 Å². The molecule has 2 atom stereocenters. The number of anilines is 1. The van der Waals surface area contributed by atoms with E-state index in [4.69, 9.17) is 0 Å². The molecule has 2 unspecified atom stereocenters. The molecule has 0 fully saturated rings. The highest BCUT2D eigenvalue weighted by atomic mass is 19.4. The summed E-state index contributed by atoms with van der Waals surface area (Å²) in [6.45, 7) is 1.39. The van der Waals surface area contributed by atoms with Crippen molar-refractivity contribution in [3.63, 3.8) is 0 Å². The van der Waals surface area contributed by atoms with Gasteiger partial charge in [0.05, 0.1) is 39.1 Å². The van der Waals surface area contributed by atoms with Gasteiger partial charge >= 0.3 is 12.4 Å². The second kappa shape index (κ2) is 10.3. The molecule has 0 radical (unpaired) electrons. The van der Waals surface area contributed by atoms with Crippen molar-refractivity contribution < 1.29 is 45.5 Å². The first-order chi connectivity index (χ1) is 24.6. The number of amides is 4. The van der Waals surface area contributed by atoms with Crippen LogP contribution in [0.4, 0.5) is 32.0 Å². The van der Waals surface area contributed by atoms with E-state index in [0.29, 0.717) is 22.1 Å². The summed E-state index contributed by atoms with van der Waals surface area (Å²) in [4.78, 5) is 55.5. The highest BCUT2D eigenvalue weighted by Gasteiger charge is 2.48. The third kappa shape index (κ3) is 4.20. The van der Waals surface area contributed by atoms with Gasteiger partial charge in [0.2, 0.25) is 0 Å². The van der Waals surface area contributed by atoms with Crippen LogP contribution in [0.1, 0.15) is 103 Å². The third-order valence-electron chi connectivity index (χ3n) is 10.6. The lowest BCUT2D eigenvalue weighted by Gasteiger charge is -2.42. The summed E-state index contributed by atoms with van der Waals surface area (Å²) in [5.74, 6) is -3.63. The Kier molecular flexibility index (Phi) is 6.30. The maximum Gasteiger partial charge on any atom is 0.417 e. The molecule has 12 heteroatoms. The molecule has 6 nitrogen and oxygen atoms in total. The lowest BCUT2D eigenvalue weighted by Crippen LogP contribution is -2.29. The number of hydrogen-bond donors (Lipinski definition) is 0. The van der Waals surface area contributed by atoms with Gasteiger partial charge in [0, 0.05) is 18.9 Å². The van der Waals surface area contributed by atoms with Crippen LogP contribution < -0.4 is 4.90 Å². The molecule has 5 aromatic rings. The number of halogens is 6. The van der Waals surface area contributed by atoms with Crippen molar-refractivity contribution >= 4 is 29.3 Å². The summed E-state index contributed by atoms with van der Waals surface area (Å²) in [5, 5.41) is 0. The molecule has 3 aliphatic carbocycles. The molecule has 2 bridgehead atoms. The fourth-order valence-electron chi connectivity index (χ4n) is 8.31. The maximum absolute atomic E-state index is 14.6.